The Hall–Kier alpha value is -2.37. The molecule has 0 aromatic heterocycles. The highest BCUT2D eigenvalue weighted by molar-refractivity contribution is 5.97. The first-order chi connectivity index (χ1) is 10.4. The summed E-state index contributed by atoms with van der Waals surface area (Å²) in [6, 6.07) is 5.36. The minimum absolute atomic E-state index is 0.0539. The van der Waals surface area contributed by atoms with E-state index < -0.39 is 18.0 Å². The molecule has 0 saturated carbocycles. The molecular formula is C16H22N2O4. The van der Waals surface area contributed by atoms with Crippen LogP contribution in [0.5, 0.6) is 0 Å². The number of hydrogen-bond acceptors (Lipinski definition) is 4. The molecule has 0 aliphatic heterocycles. The Balaban J connectivity index is 2.77. The third kappa shape index (κ3) is 4.87. The lowest BCUT2D eigenvalue weighted by atomic mass is 9.99. The van der Waals surface area contributed by atoms with Gasteiger partial charge >= 0.3 is 12.0 Å². The molecule has 0 bridgehead atoms. The van der Waals surface area contributed by atoms with Gasteiger partial charge in [-0.2, -0.15) is 0 Å². The maximum absolute atomic E-state index is 12.0. The number of ketones is 1. The standard InChI is InChI=1S/C16H22N2O4/c1-5-10(2)14(15(20)22-4)18-16(21)17-13-8-6-7-12(9-13)11(3)19/h6-10,14H,5H2,1-4H3,(H2,17,18,21)/t10-,14+/m1/s1. The lowest BCUT2D eigenvalue weighted by molar-refractivity contribution is -0.144. The third-order valence-corrected chi connectivity index (χ3v) is 3.48. The lowest BCUT2D eigenvalue weighted by Gasteiger charge is -2.22. The van der Waals surface area contributed by atoms with Crippen LogP contribution in [-0.2, 0) is 9.53 Å². The Morgan fingerprint density at radius 3 is 2.50 bits per heavy atom. The van der Waals surface area contributed by atoms with Gasteiger partial charge < -0.3 is 15.4 Å². The topological polar surface area (TPSA) is 84.5 Å². The highest BCUT2D eigenvalue weighted by Crippen LogP contribution is 2.13. The highest BCUT2D eigenvalue weighted by Gasteiger charge is 2.26. The van der Waals surface area contributed by atoms with Crippen LogP contribution in [0.15, 0.2) is 24.3 Å². The van der Waals surface area contributed by atoms with E-state index in [-0.39, 0.29) is 11.7 Å². The van der Waals surface area contributed by atoms with Crippen molar-refractivity contribution in [1.29, 1.82) is 0 Å². The van der Waals surface area contributed by atoms with Crippen molar-refractivity contribution in [1.82, 2.24) is 5.32 Å². The number of hydrogen-bond donors (Lipinski definition) is 2. The average Bonchev–Trinajstić information content (AvgIpc) is 2.51. The Morgan fingerprint density at radius 1 is 1.27 bits per heavy atom. The van der Waals surface area contributed by atoms with E-state index in [1.807, 2.05) is 13.8 Å². The summed E-state index contributed by atoms with van der Waals surface area (Å²) in [5.41, 5.74) is 0.988. The maximum Gasteiger partial charge on any atom is 0.328 e. The van der Waals surface area contributed by atoms with Gasteiger partial charge in [-0.3, -0.25) is 4.79 Å². The monoisotopic (exact) mass is 306 g/mol. The summed E-state index contributed by atoms with van der Waals surface area (Å²) in [7, 11) is 1.29. The Bertz CT molecular complexity index is 557. The van der Waals surface area contributed by atoms with Crippen LogP contribution in [0.1, 0.15) is 37.6 Å². The first kappa shape index (κ1) is 17.7. The minimum Gasteiger partial charge on any atom is -0.467 e. The van der Waals surface area contributed by atoms with Crippen molar-refractivity contribution >= 4 is 23.5 Å². The molecule has 0 unspecified atom stereocenters. The van der Waals surface area contributed by atoms with Crippen LogP contribution >= 0.6 is 0 Å². The van der Waals surface area contributed by atoms with Gasteiger partial charge in [0.2, 0.25) is 0 Å². The normalized spacial score (nSPS) is 12.9. The van der Waals surface area contributed by atoms with Crippen LogP contribution in [0, 0.1) is 5.92 Å². The summed E-state index contributed by atoms with van der Waals surface area (Å²) in [4.78, 5) is 35.1. The van der Waals surface area contributed by atoms with Crippen molar-refractivity contribution in [3.05, 3.63) is 29.8 Å². The molecule has 1 aromatic rings. The molecular weight excluding hydrogens is 284 g/mol. The van der Waals surface area contributed by atoms with Crippen LogP contribution in [0.3, 0.4) is 0 Å². The number of benzene rings is 1. The molecule has 6 nitrogen and oxygen atoms in total. The van der Waals surface area contributed by atoms with Gasteiger partial charge in [0.05, 0.1) is 7.11 Å². The van der Waals surface area contributed by atoms with Gasteiger partial charge in [-0.1, -0.05) is 32.4 Å². The number of methoxy groups -OCH3 is 1. The fourth-order valence-electron chi connectivity index (χ4n) is 1.92. The second-order valence-electron chi connectivity index (χ2n) is 5.12. The molecule has 0 heterocycles. The van der Waals surface area contributed by atoms with E-state index in [1.165, 1.54) is 14.0 Å². The largest absolute Gasteiger partial charge is 0.467 e. The number of nitrogens with one attached hydrogen (secondary N) is 2. The third-order valence-electron chi connectivity index (χ3n) is 3.48. The van der Waals surface area contributed by atoms with Crippen LogP contribution in [0.2, 0.25) is 0 Å². The highest BCUT2D eigenvalue weighted by atomic mass is 16.5. The predicted molar refractivity (Wildman–Crippen MR) is 83.9 cm³/mol. The van der Waals surface area contributed by atoms with Crippen LogP contribution in [0.25, 0.3) is 0 Å². The summed E-state index contributed by atoms with van der Waals surface area (Å²) >= 11 is 0. The van der Waals surface area contributed by atoms with Gasteiger partial charge in [-0.15, -0.1) is 0 Å². The van der Waals surface area contributed by atoms with Crippen molar-refractivity contribution in [2.45, 2.75) is 33.2 Å². The van der Waals surface area contributed by atoms with Crippen molar-refractivity contribution < 1.29 is 19.1 Å². The fraction of sp³-hybridized carbons (Fsp3) is 0.438. The molecule has 2 amide bonds. The number of Topliss-reactive ketones (excluding diaryl/α,β-unsaturated/α-hetero) is 1. The summed E-state index contributed by atoms with van der Waals surface area (Å²) in [5.74, 6) is -0.625. The smallest absolute Gasteiger partial charge is 0.328 e. The molecule has 2 N–H and O–H groups in total. The Labute approximate surface area is 130 Å². The summed E-state index contributed by atoms with van der Waals surface area (Å²) in [6.07, 6.45) is 0.722. The molecule has 22 heavy (non-hydrogen) atoms. The molecule has 0 aliphatic carbocycles. The Morgan fingerprint density at radius 2 is 1.95 bits per heavy atom. The average molecular weight is 306 g/mol. The maximum atomic E-state index is 12.0. The van der Waals surface area contributed by atoms with Crippen molar-refractivity contribution in [3.8, 4) is 0 Å². The molecule has 1 aromatic carbocycles. The molecule has 6 heteroatoms. The number of urea groups is 1. The number of carbonyl (C=O) groups is 3. The molecule has 2 atom stereocenters. The van der Waals surface area contributed by atoms with Gasteiger partial charge in [-0.25, -0.2) is 9.59 Å². The predicted octanol–water partition coefficient (Wildman–Crippen LogP) is 2.60. The van der Waals surface area contributed by atoms with E-state index in [0.29, 0.717) is 11.3 Å². The number of esters is 1. The van der Waals surface area contributed by atoms with Crippen LogP contribution < -0.4 is 10.6 Å². The van der Waals surface area contributed by atoms with Crippen molar-refractivity contribution in [2.24, 2.45) is 5.92 Å². The number of amides is 2. The molecule has 0 saturated heterocycles. The van der Waals surface area contributed by atoms with Gasteiger partial charge in [0.15, 0.2) is 5.78 Å². The quantitative estimate of drug-likeness (QED) is 0.625. The zero-order chi connectivity index (χ0) is 16.7. The number of anilines is 1. The van der Waals surface area contributed by atoms with E-state index in [0.717, 1.165) is 6.42 Å². The van der Waals surface area contributed by atoms with Gasteiger partial charge in [0.25, 0.3) is 0 Å². The van der Waals surface area contributed by atoms with E-state index in [2.05, 4.69) is 10.6 Å². The number of ether oxygens (including phenoxy) is 1. The first-order valence-electron chi connectivity index (χ1n) is 7.15. The SMILES string of the molecule is CC[C@@H](C)[C@H](NC(=O)Nc1cccc(C(C)=O)c1)C(=O)OC. The van der Waals surface area contributed by atoms with Gasteiger partial charge in [0, 0.05) is 11.3 Å². The van der Waals surface area contributed by atoms with Crippen LogP contribution in [-0.4, -0.2) is 30.9 Å². The summed E-state index contributed by atoms with van der Waals surface area (Å²) in [5, 5.41) is 5.22. The zero-order valence-corrected chi connectivity index (χ0v) is 13.3. The molecule has 1 rings (SSSR count). The van der Waals surface area contributed by atoms with Crippen molar-refractivity contribution in [3.63, 3.8) is 0 Å². The number of carbonyl (C=O) groups excluding carboxylic acids is 3. The Kier molecular flexibility index (Phi) is 6.56. The fourth-order valence-corrected chi connectivity index (χ4v) is 1.92. The second-order valence-corrected chi connectivity index (χ2v) is 5.12. The number of rotatable bonds is 6. The second kappa shape index (κ2) is 8.17. The molecule has 0 fully saturated rings. The zero-order valence-electron chi connectivity index (χ0n) is 13.3. The van der Waals surface area contributed by atoms with E-state index in [9.17, 15) is 14.4 Å². The summed E-state index contributed by atoms with van der Waals surface area (Å²) < 4.78 is 4.71. The molecule has 0 aliphatic rings. The van der Waals surface area contributed by atoms with E-state index in [1.54, 1.807) is 24.3 Å². The van der Waals surface area contributed by atoms with Gasteiger partial charge in [0.1, 0.15) is 6.04 Å². The summed E-state index contributed by atoms with van der Waals surface area (Å²) in [6.45, 7) is 5.24. The minimum atomic E-state index is -0.717. The lowest BCUT2D eigenvalue weighted by Crippen LogP contribution is -2.47. The van der Waals surface area contributed by atoms with E-state index in [4.69, 9.17) is 4.74 Å². The van der Waals surface area contributed by atoms with E-state index >= 15 is 0 Å². The first-order valence-corrected chi connectivity index (χ1v) is 7.15. The van der Waals surface area contributed by atoms with Gasteiger partial charge in [-0.05, 0) is 25.0 Å². The molecule has 120 valence electrons. The molecule has 0 spiro atoms. The van der Waals surface area contributed by atoms with Crippen LogP contribution in [0.4, 0.5) is 10.5 Å². The van der Waals surface area contributed by atoms with Crippen molar-refractivity contribution in [2.75, 3.05) is 12.4 Å². The molecule has 0 radical (unpaired) electrons.